The zero-order valence-electron chi connectivity index (χ0n) is 20.1. The Labute approximate surface area is 208 Å². The van der Waals surface area contributed by atoms with Crippen LogP contribution in [0.4, 0.5) is 20.7 Å². The minimum absolute atomic E-state index is 0.0150. The second-order valence-electron chi connectivity index (χ2n) is 9.02. The van der Waals surface area contributed by atoms with Crippen LogP contribution < -0.4 is 10.1 Å². The first kappa shape index (κ1) is 25.8. The molecule has 2 fully saturated rings. The Hall–Kier alpha value is -3.32. The SMILES string of the molecule is CC(C)OC(=O)N1C2COCC1CC(Oc1ncnc(Nc3ccc(S(C)(=O)=O)cc3F)c1C=N)C2. The number of ether oxygens (including phenoxy) is 3. The second kappa shape index (κ2) is 10.3. The molecule has 2 unspecified atom stereocenters. The number of rotatable bonds is 7. The molecule has 13 heteroatoms. The molecular formula is C23H28FN5O6S. The van der Waals surface area contributed by atoms with E-state index >= 15 is 0 Å². The molecule has 2 aromatic rings. The molecule has 2 bridgehead atoms. The Balaban J connectivity index is 1.52. The number of morpholine rings is 1. The van der Waals surface area contributed by atoms with Gasteiger partial charge in [-0.3, -0.25) is 4.90 Å². The molecule has 0 saturated carbocycles. The predicted octanol–water partition coefficient (Wildman–Crippen LogP) is 2.92. The lowest BCUT2D eigenvalue weighted by atomic mass is 9.92. The van der Waals surface area contributed by atoms with Crippen molar-refractivity contribution >= 4 is 33.7 Å². The fraction of sp³-hybridized carbons (Fsp3) is 0.478. The maximum atomic E-state index is 14.6. The third-order valence-corrected chi connectivity index (χ3v) is 7.03. The molecule has 4 rings (SSSR count). The highest BCUT2D eigenvalue weighted by atomic mass is 32.2. The van der Waals surface area contributed by atoms with E-state index in [0.717, 1.165) is 18.5 Å². The summed E-state index contributed by atoms with van der Waals surface area (Å²) in [5.41, 5.74) is 0.186. The van der Waals surface area contributed by atoms with Crippen molar-refractivity contribution in [3.8, 4) is 5.88 Å². The van der Waals surface area contributed by atoms with Crippen LogP contribution in [0.1, 0.15) is 32.3 Å². The summed E-state index contributed by atoms with van der Waals surface area (Å²) in [6.45, 7) is 4.32. The summed E-state index contributed by atoms with van der Waals surface area (Å²) in [6.07, 6.45) is 3.27. The van der Waals surface area contributed by atoms with Gasteiger partial charge in [0.1, 0.15) is 24.1 Å². The van der Waals surface area contributed by atoms with Crippen molar-refractivity contribution < 1.29 is 31.8 Å². The van der Waals surface area contributed by atoms with Gasteiger partial charge in [-0.1, -0.05) is 0 Å². The van der Waals surface area contributed by atoms with Gasteiger partial charge in [0.2, 0.25) is 5.88 Å². The number of nitrogens with zero attached hydrogens (tertiary/aromatic N) is 3. The quantitative estimate of drug-likeness (QED) is 0.526. The molecule has 3 heterocycles. The number of benzene rings is 1. The molecule has 1 amide bonds. The number of carbonyl (C=O) groups is 1. The first-order valence-electron chi connectivity index (χ1n) is 11.4. The first-order valence-corrected chi connectivity index (χ1v) is 13.3. The van der Waals surface area contributed by atoms with Crippen LogP contribution in [-0.4, -0.2) is 79.4 Å². The minimum atomic E-state index is -3.56. The molecule has 2 atom stereocenters. The van der Waals surface area contributed by atoms with Crippen LogP contribution in [0.25, 0.3) is 0 Å². The van der Waals surface area contributed by atoms with E-state index in [1.807, 2.05) is 0 Å². The fourth-order valence-electron chi connectivity index (χ4n) is 4.34. The van der Waals surface area contributed by atoms with Gasteiger partial charge in [0.25, 0.3) is 0 Å². The number of halogens is 1. The Bertz CT molecular complexity index is 1240. The third-order valence-electron chi connectivity index (χ3n) is 5.92. The number of carbonyl (C=O) groups excluding carboxylic acids is 1. The number of hydrogen-bond donors (Lipinski definition) is 2. The number of nitrogens with one attached hydrogen (secondary N) is 2. The van der Waals surface area contributed by atoms with E-state index in [9.17, 15) is 17.6 Å². The Morgan fingerprint density at radius 2 is 1.97 bits per heavy atom. The normalized spacial score (nSPS) is 21.7. The topological polar surface area (TPSA) is 144 Å². The van der Waals surface area contributed by atoms with E-state index in [-0.39, 0.29) is 58.2 Å². The van der Waals surface area contributed by atoms with Crippen molar-refractivity contribution in [1.82, 2.24) is 14.9 Å². The van der Waals surface area contributed by atoms with E-state index in [0.29, 0.717) is 26.1 Å². The van der Waals surface area contributed by atoms with E-state index in [1.54, 1.807) is 18.7 Å². The summed E-state index contributed by atoms with van der Waals surface area (Å²) in [5.74, 6) is -0.524. The lowest BCUT2D eigenvalue weighted by molar-refractivity contribution is -0.0933. The smallest absolute Gasteiger partial charge is 0.410 e. The number of sulfone groups is 1. The average molecular weight is 522 g/mol. The summed E-state index contributed by atoms with van der Waals surface area (Å²) in [5, 5.41) is 10.7. The highest BCUT2D eigenvalue weighted by molar-refractivity contribution is 7.90. The molecule has 2 saturated heterocycles. The van der Waals surface area contributed by atoms with Gasteiger partial charge in [-0.2, -0.15) is 0 Å². The first-order chi connectivity index (χ1) is 17.1. The van der Waals surface area contributed by atoms with Gasteiger partial charge in [-0.05, 0) is 32.0 Å². The Morgan fingerprint density at radius 1 is 1.28 bits per heavy atom. The third kappa shape index (κ3) is 5.57. The molecule has 194 valence electrons. The van der Waals surface area contributed by atoms with Crippen LogP contribution in [0.3, 0.4) is 0 Å². The lowest BCUT2D eigenvalue weighted by Crippen LogP contribution is -2.61. The summed E-state index contributed by atoms with van der Waals surface area (Å²) < 4.78 is 55.1. The predicted molar refractivity (Wildman–Crippen MR) is 128 cm³/mol. The van der Waals surface area contributed by atoms with Gasteiger partial charge in [0.05, 0.1) is 47.5 Å². The number of amides is 1. The largest absolute Gasteiger partial charge is 0.474 e. The molecule has 0 radical (unpaired) electrons. The number of piperidine rings is 1. The van der Waals surface area contributed by atoms with Gasteiger partial charge in [0, 0.05) is 25.3 Å². The van der Waals surface area contributed by atoms with Gasteiger partial charge in [0.15, 0.2) is 9.84 Å². The summed E-state index contributed by atoms with van der Waals surface area (Å²) in [4.78, 5) is 22.4. The van der Waals surface area contributed by atoms with Gasteiger partial charge in [-0.15, -0.1) is 0 Å². The van der Waals surface area contributed by atoms with Crippen LogP contribution in [0.2, 0.25) is 0 Å². The van der Waals surface area contributed by atoms with Crippen molar-refractivity contribution in [3.63, 3.8) is 0 Å². The van der Waals surface area contributed by atoms with Crippen molar-refractivity contribution in [3.05, 3.63) is 35.9 Å². The highest BCUT2D eigenvalue weighted by Gasteiger charge is 2.43. The lowest BCUT2D eigenvalue weighted by Gasteiger charge is -2.47. The van der Waals surface area contributed by atoms with E-state index in [2.05, 4.69) is 15.3 Å². The molecular weight excluding hydrogens is 493 g/mol. The molecule has 1 aromatic carbocycles. The highest BCUT2D eigenvalue weighted by Crippen LogP contribution is 2.33. The summed E-state index contributed by atoms with van der Waals surface area (Å²) in [7, 11) is -3.56. The zero-order chi connectivity index (χ0) is 26.0. The van der Waals surface area contributed by atoms with Crippen LogP contribution >= 0.6 is 0 Å². The standard InChI is InChI=1S/C23H28FN5O6S/c1-13(2)34-23(30)29-14-6-16(7-15(29)11-33-10-14)35-22-18(9-25)21(26-12-27-22)28-20-5-4-17(8-19(20)24)36(3,31)32/h4-5,8-9,12-16,25H,6-7,10-11H2,1-3H3,(H,26,27,28). The number of aromatic nitrogens is 2. The maximum absolute atomic E-state index is 14.6. The van der Waals surface area contributed by atoms with Crippen LogP contribution in [0, 0.1) is 11.2 Å². The fourth-order valence-corrected chi connectivity index (χ4v) is 4.97. The molecule has 11 nitrogen and oxygen atoms in total. The number of fused-ring (bicyclic) bond motifs is 2. The van der Waals surface area contributed by atoms with Crippen molar-refractivity contribution in [2.24, 2.45) is 0 Å². The summed E-state index contributed by atoms with van der Waals surface area (Å²) >= 11 is 0. The Kier molecular flexibility index (Phi) is 7.41. The minimum Gasteiger partial charge on any atom is -0.474 e. The molecule has 36 heavy (non-hydrogen) atoms. The number of anilines is 2. The average Bonchev–Trinajstić information content (AvgIpc) is 2.79. The van der Waals surface area contributed by atoms with Crippen LogP contribution in [0.5, 0.6) is 5.88 Å². The second-order valence-corrected chi connectivity index (χ2v) is 11.0. The maximum Gasteiger partial charge on any atom is 0.410 e. The monoisotopic (exact) mass is 521 g/mol. The Morgan fingerprint density at radius 3 is 2.56 bits per heavy atom. The van der Waals surface area contributed by atoms with E-state index in [1.165, 1.54) is 18.5 Å². The molecule has 2 aliphatic heterocycles. The van der Waals surface area contributed by atoms with E-state index in [4.69, 9.17) is 19.6 Å². The van der Waals surface area contributed by atoms with Gasteiger partial charge < -0.3 is 24.9 Å². The van der Waals surface area contributed by atoms with Crippen molar-refractivity contribution in [2.75, 3.05) is 24.8 Å². The molecule has 0 aliphatic carbocycles. The summed E-state index contributed by atoms with van der Waals surface area (Å²) in [6, 6.07) is 3.04. The van der Waals surface area contributed by atoms with Crippen LogP contribution in [0.15, 0.2) is 29.4 Å². The van der Waals surface area contributed by atoms with Gasteiger partial charge in [-0.25, -0.2) is 27.6 Å². The molecule has 0 spiro atoms. The van der Waals surface area contributed by atoms with Crippen molar-refractivity contribution in [1.29, 1.82) is 5.41 Å². The van der Waals surface area contributed by atoms with Crippen molar-refractivity contribution in [2.45, 2.75) is 55.9 Å². The number of hydrogen-bond acceptors (Lipinski definition) is 10. The van der Waals surface area contributed by atoms with Gasteiger partial charge >= 0.3 is 6.09 Å². The zero-order valence-corrected chi connectivity index (χ0v) is 20.9. The molecule has 2 aliphatic rings. The van der Waals surface area contributed by atoms with E-state index < -0.39 is 15.7 Å². The van der Waals surface area contributed by atoms with Crippen LogP contribution in [-0.2, 0) is 19.3 Å². The molecule has 2 N–H and O–H groups in total. The molecule has 1 aromatic heterocycles.